The van der Waals surface area contributed by atoms with Crippen LogP contribution in [-0.4, -0.2) is 43.3 Å². The van der Waals surface area contributed by atoms with Gasteiger partial charge in [0.1, 0.15) is 23.5 Å². The van der Waals surface area contributed by atoms with Crippen LogP contribution in [0.2, 0.25) is 5.02 Å². The first-order valence-electron chi connectivity index (χ1n) is 7.26. The molecule has 2 heterocycles. The Kier molecular flexibility index (Phi) is 4.32. The van der Waals surface area contributed by atoms with Crippen molar-refractivity contribution in [2.24, 2.45) is 0 Å². The number of hydrogen-bond acceptors (Lipinski definition) is 4. The fraction of sp³-hybridized carbons (Fsp3) is 0.400. The summed E-state index contributed by atoms with van der Waals surface area (Å²) in [6, 6.07) is 3.84. The molecular formula is C15H16ClFN4O2. The van der Waals surface area contributed by atoms with Gasteiger partial charge in [-0.25, -0.2) is 4.39 Å². The molecule has 2 aromatic rings. The van der Waals surface area contributed by atoms with Gasteiger partial charge in [-0.05, 0) is 25.5 Å². The van der Waals surface area contributed by atoms with Crippen LogP contribution in [0.25, 0.3) is 0 Å². The first-order valence-corrected chi connectivity index (χ1v) is 7.63. The Bertz CT molecular complexity index is 729. The SMILES string of the molecule is Cc1nnc2n1CC(C(=O)O)N(CCc1c(F)cccc1Cl)C2. The van der Waals surface area contributed by atoms with Crippen molar-refractivity contribution in [1.82, 2.24) is 19.7 Å². The number of carbonyl (C=O) groups is 1. The van der Waals surface area contributed by atoms with Crippen molar-refractivity contribution in [3.8, 4) is 0 Å². The van der Waals surface area contributed by atoms with Gasteiger partial charge in [-0.1, -0.05) is 17.7 Å². The molecule has 1 atom stereocenters. The van der Waals surface area contributed by atoms with Gasteiger partial charge in [0.05, 0.1) is 13.1 Å². The van der Waals surface area contributed by atoms with Gasteiger partial charge in [0.15, 0.2) is 0 Å². The summed E-state index contributed by atoms with van der Waals surface area (Å²) in [7, 11) is 0. The molecule has 1 aliphatic heterocycles. The molecule has 0 radical (unpaired) electrons. The van der Waals surface area contributed by atoms with Gasteiger partial charge >= 0.3 is 5.97 Å². The average Bonchev–Trinajstić information content (AvgIpc) is 2.86. The van der Waals surface area contributed by atoms with Gasteiger partial charge in [0.2, 0.25) is 0 Å². The summed E-state index contributed by atoms with van der Waals surface area (Å²) >= 11 is 6.03. The highest BCUT2D eigenvalue weighted by Crippen LogP contribution is 2.22. The van der Waals surface area contributed by atoms with E-state index in [0.29, 0.717) is 35.9 Å². The first kappa shape index (κ1) is 15.9. The van der Waals surface area contributed by atoms with Gasteiger partial charge in [-0.2, -0.15) is 0 Å². The number of carboxylic acids is 1. The lowest BCUT2D eigenvalue weighted by atomic mass is 10.1. The summed E-state index contributed by atoms with van der Waals surface area (Å²) in [5.41, 5.74) is 0.404. The largest absolute Gasteiger partial charge is 0.480 e. The lowest BCUT2D eigenvalue weighted by Gasteiger charge is -2.33. The summed E-state index contributed by atoms with van der Waals surface area (Å²) < 4.78 is 15.7. The van der Waals surface area contributed by atoms with Crippen LogP contribution in [0.1, 0.15) is 17.2 Å². The predicted octanol–water partition coefficient (Wildman–Crippen LogP) is 1.89. The molecule has 1 N–H and O–H groups in total. The van der Waals surface area contributed by atoms with Crippen LogP contribution in [0.15, 0.2) is 18.2 Å². The number of nitrogens with zero attached hydrogens (tertiary/aromatic N) is 4. The first-order chi connectivity index (χ1) is 11.0. The van der Waals surface area contributed by atoms with E-state index in [1.165, 1.54) is 6.07 Å². The summed E-state index contributed by atoms with van der Waals surface area (Å²) in [4.78, 5) is 13.3. The topological polar surface area (TPSA) is 71.2 Å². The third kappa shape index (κ3) is 3.07. The highest BCUT2D eigenvalue weighted by atomic mass is 35.5. The minimum Gasteiger partial charge on any atom is -0.480 e. The summed E-state index contributed by atoms with van der Waals surface area (Å²) in [5, 5.41) is 17.9. The van der Waals surface area contributed by atoms with Crippen molar-refractivity contribution in [3.05, 3.63) is 46.3 Å². The number of benzene rings is 1. The Hall–Kier alpha value is -1.99. The molecule has 1 unspecified atom stereocenters. The molecule has 0 amide bonds. The maximum atomic E-state index is 13.9. The van der Waals surface area contributed by atoms with Crippen molar-refractivity contribution in [1.29, 1.82) is 0 Å². The maximum absolute atomic E-state index is 13.9. The van der Waals surface area contributed by atoms with Gasteiger partial charge in [-0.15, -0.1) is 10.2 Å². The molecule has 23 heavy (non-hydrogen) atoms. The quantitative estimate of drug-likeness (QED) is 0.921. The van der Waals surface area contributed by atoms with E-state index in [9.17, 15) is 14.3 Å². The van der Waals surface area contributed by atoms with Crippen LogP contribution in [0.5, 0.6) is 0 Å². The number of aryl methyl sites for hydroxylation is 1. The number of halogens is 2. The molecule has 0 spiro atoms. The second-order valence-corrected chi connectivity index (χ2v) is 5.96. The normalized spacial score (nSPS) is 18.0. The highest BCUT2D eigenvalue weighted by molar-refractivity contribution is 6.31. The van der Waals surface area contributed by atoms with Crippen LogP contribution < -0.4 is 0 Å². The van der Waals surface area contributed by atoms with Crippen LogP contribution in [0.3, 0.4) is 0 Å². The standard InChI is InChI=1S/C15H16ClFN4O2/c1-9-18-19-14-8-20(13(15(22)23)7-21(9)14)6-5-10-11(16)3-2-4-12(10)17/h2-4,13H,5-8H2,1H3,(H,22,23). The summed E-state index contributed by atoms with van der Waals surface area (Å²) in [6.45, 7) is 2.83. The Morgan fingerprint density at radius 3 is 2.96 bits per heavy atom. The molecule has 1 aromatic carbocycles. The highest BCUT2D eigenvalue weighted by Gasteiger charge is 2.33. The number of hydrogen-bond donors (Lipinski definition) is 1. The number of aliphatic carboxylic acids is 1. The van der Waals surface area contributed by atoms with E-state index in [4.69, 9.17) is 11.6 Å². The minimum absolute atomic E-state index is 0.286. The second kappa shape index (κ2) is 6.25. The van der Waals surface area contributed by atoms with Gasteiger partial charge in [0.25, 0.3) is 0 Å². The molecular weight excluding hydrogens is 323 g/mol. The molecule has 3 rings (SSSR count). The zero-order valence-electron chi connectivity index (χ0n) is 12.5. The van der Waals surface area contributed by atoms with Crippen molar-refractivity contribution >= 4 is 17.6 Å². The van der Waals surface area contributed by atoms with Crippen molar-refractivity contribution in [2.45, 2.75) is 32.5 Å². The Morgan fingerprint density at radius 2 is 2.26 bits per heavy atom. The Morgan fingerprint density at radius 1 is 1.48 bits per heavy atom. The molecule has 1 aliphatic rings. The van der Waals surface area contributed by atoms with Gasteiger partial charge in [-0.3, -0.25) is 9.69 Å². The predicted molar refractivity (Wildman–Crippen MR) is 81.7 cm³/mol. The number of fused-ring (bicyclic) bond motifs is 1. The van der Waals surface area contributed by atoms with Gasteiger partial charge in [0, 0.05) is 17.1 Å². The Balaban J connectivity index is 1.79. The van der Waals surface area contributed by atoms with Crippen molar-refractivity contribution in [2.75, 3.05) is 6.54 Å². The van der Waals surface area contributed by atoms with Crippen LogP contribution in [0, 0.1) is 12.7 Å². The van der Waals surface area contributed by atoms with Crippen molar-refractivity contribution < 1.29 is 14.3 Å². The van der Waals surface area contributed by atoms with E-state index in [-0.39, 0.29) is 12.4 Å². The zero-order chi connectivity index (χ0) is 16.6. The minimum atomic E-state index is -0.914. The molecule has 0 saturated carbocycles. The number of rotatable bonds is 4. The monoisotopic (exact) mass is 338 g/mol. The van der Waals surface area contributed by atoms with E-state index in [1.807, 2.05) is 4.57 Å². The molecule has 1 aromatic heterocycles. The third-order valence-electron chi connectivity index (χ3n) is 4.15. The van der Waals surface area contributed by atoms with Crippen LogP contribution in [-0.2, 0) is 24.3 Å². The molecule has 0 bridgehead atoms. The zero-order valence-corrected chi connectivity index (χ0v) is 13.3. The molecule has 0 fully saturated rings. The van der Waals surface area contributed by atoms with E-state index >= 15 is 0 Å². The maximum Gasteiger partial charge on any atom is 0.322 e. The van der Waals surface area contributed by atoms with Crippen LogP contribution in [0.4, 0.5) is 4.39 Å². The van der Waals surface area contributed by atoms with Crippen molar-refractivity contribution in [3.63, 3.8) is 0 Å². The average molecular weight is 339 g/mol. The Labute approximate surface area is 137 Å². The van der Waals surface area contributed by atoms with E-state index in [2.05, 4.69) is 10.2 Å². The van der Waals surface area contributed by atoms with Crippen LogP contribution >= 0.6 is 11.6 Å². The summed E-state index contributed by atoms with van der Waals surface area (Å²) in [6.07, 6.45) is 0.336. The fourth-order valence-electron chi connectivity index (χ4n) is 2.86. The smallest absolute Gasteiger partial charge is 0.322 e. The third-order valence-corrected chi connectivity index (χ3v) is 4.50. The molecule has 6 nitrogen and oxygen atoms in total. The fourth-order valence-corrected chi connectivity index (χ4v) is 3.11. The molecule has 8 heteroatoms. The number of carboxylic acid groups (broad SMARTS) is 1. The van der Waals surface area contributed by atoms with E-state index in [1.54, 1.807) is 24.0 Å². The van der Waals surface area contributed by atoms with E-state index in [0.717, 1.165) is 5.82 Å². The molecule has 0 aliphatic carbocycles. The molecule has 0 saturated heterocycles. The summed E-state index contributed by atoms with van der Waals surface area (Å²) in [5.74, 6) is 0.131. The second-order valence-electron chi connectivity index (χ2n) is 5.55. The lowest BCUT2D eigenvalue weighted by Crippen LogP contribution is -2.48. The molecule has 122 valence electrons. The lowest BCUT2D eigenvalue weighted by molar-refractivity contribution is -0.145. The number of aromatic nitrogens is 3. The van der Waals surface area contributed by atoms with E-state index < -0.39 is 12.0 Å². The van der Waals surface area contributed by atoms with Gasteiger partial charge < -0.3 is 9.67 Å².